The zero-order chi connectivity index (χ0) is 20.3. The molecular formula is C27H43FO. The van der Waals surface area contributed by atoms with Crippen LogP contribution in [0.15, 0.2) is 12.1 Å². The molecule has 3 rings (SSSR count). The highest BCUT2D eigenvalue weighted by Crippen LogP contribution is 2.44. The van der Waals surface area contributed by atoms with Gasteiger partial charge in [0.25, 0.3) is 0 Å². The molecule has 29 heavy (non-hydrogen) atoms. The maximum Gasteiger partial charge on any atom is 0.123 e. The predicted octanol–water partition coefficient (Wildman–Crippen LogP) is 8.64. The average Bonchev–Trinajstić information content (AvgIpc) is 2.77. The lowest BCUT2D eigenvalue weighted by Crippen LogP contribution is -2.15. The Morgan fingerprint density at radius 1 is 0.828 bits per heavy atom. The summed E-state index contributed by atoms with van der Waals surface area (Å²) in [5.74, 6) is 2.29. The van der Waals surface area contributed by atoms with E-state index >= 15 is 0 Å². The summed E-state index contributed by atoms with van der Waals surface area (Å²) in [6.45, 7) is 2.81. The lowest BCUT2D eigenvalue weighted by Gasteiger charge is -2.31. The van der Waals surface area contributed by atoms with E-state index in [2.05, 4.69) is 19.1 Å². The second-order valence-corrected chi connectivity index (χ2v) is 9.42. The molecule has 0 aliphatic heterocycles. The molecule has 1 aromatic rings. The fourth-order valence-electron chi connectivity index (χ4n) is 5.68. The smallest absolute Gasteiger partial charge is 0.123 e. The van der Waals surface area contributed by atoms with Gasteiger partial charge in [0.05, 0.1) is 13.3 Å². The van der Waals surface area contributed by atoms with E-state index in [1.54, 1.807) is 0 Å². The van der Waals surface area contributed by atoms with Gasteiger partial charge in [0.2, 0.25) is 0 Å². The van der Waals surface area contributed by atoms with E-state index in [-0.39, 0.29) is 6.67 Å². The Labute approximate surface area is 178 Å². The van der Waals surface area contributed by atoms with Crippen molar-refractivity contribution in [1.82, 2.24) is 0 Å². The quantitative estimate of drug-likeness (QED) is 0.336. The molecule has 0 bridgehead atoms. The number of hydrogen-bond acceptors (Lipinski definition) is 1. The van der Waals surface area contributed by atoms with Crippen molar-refractivity contribution in [1.29, 1.82) is 0 Å². The van der Waals surface area contributed by atoms with Gasteiger partial charge in [-0.15, -0.1) is 0 Å². The van der Waals surface area contributed by atoms with Gasteiger partial charge in [0.15, 0.2) is 0 Å². The molecule has 0 radical (unpaired) electrons. The van der Waals surface area contributed by atoms with Crippen LogP contribution in [-0.4, -0.2) is 13.3 Å². The molecule has 0 amide bonds. The summed E-state index contributed by atoms with van der Waals surface area (Å²) in [7, 11) is 0. The van der Waals surface area contributed by atoms with Crippen LogP contribution in [0.1, 0.15) is 132 Å². The van der Waals surface area contributed by atoms with E-state index in [1.807, 2.05) is 0 Å². The van der Waals surface area contributed by atoms with E-state index in [0.717, 1.165) is 18.8 Å². The van der Waals surface area contributed by atoms with Crippen LogP contribution in [0.25, 0.3) is 0 Å². The van der Waals surface area contributed by atoms with Gasteiger partial charge in [0.1, 0.15) is 5.75 Å². The number of halogens is 1. The molecule has 0 aromatic heterocycles. The molecule has 0 N–H and O–H groups in total. The van der Waals surface area contributed by atoms with Crippen molar-refractivity contribution in [3.05, 3.63) is 28.8 Å². The Balaban J connectivity index is 1.82. The largest absolute Gasteiger partial charge is 0.493 e. The van der Waals surface area contributed by atoms with E-state index in [1.165, 1.54) is 107 Å². The molecule has 0 spiro atoms. The fourth-order valence-corrected chi connectivity index (χ4v) is 5.68. The molecular weight excluding hydrogens is 359 g/mol. The normalized spacial score (nSPS) is 18.8. The Kier molecular flexibility index (Phi) is 9.83. The topological polar surface area (TPSA) is 9.23 Å². The second-order valence-electron chi connectivity index (χ2n) is 9.42. The zero-order valence-electron chi connectivity index (χ0n) is 18.8. The molecule has 2 aliphatic rings. The molecule has 2 saturated carbocycles. The molecule has 2 aliphatic carbocycles. The molecule has 0 atom stereocenters. The molecule has 0 saturated heterocycles. The fraction of sp³-hybridized carbons (Fsp3) is 0.778. The van der Waals surface area contributed by atoms with Crippen LogP contribution in [0, 0.1) is 0 Å². The Morgan fingerprint density at radius 3 is 2.14 bits per heavy atom. The van der Waals surface area contributed by atoms with E-state index in [0.29, 0.717) is 18.3 Å². The SMILES string of the molecule is CCCCCCCOc1ccc(C2CCCCC2)c(CCF)c1C1CCCCC1. The highest BCUT2D eigenvalue weighted by atomic mass is 19.1. The third-order valence-corrected chi connectivity index (χ3v) is 7.26. The first-order valence-corrected chi connectivity index (χ1v) is 12.7. The summed E-state index contributed by atoms with van der Waals surface area (Å²) in [5, 5.41) is 0. The lowest BCUT2D eigenvalue weighted by atomic mass is 9.75. The number of hydrogen-bond donors (Lipinski definition) is 0. The van der Waals surface area contributed by atoms with Gasteiger partial charge in [-0.25, -0.2) is 0 Å². The number of ether oxygens (including phenoxy) is 1. The predicted molar refractivity (Wildman–Crippen MR) is 122 cm³/mol. The van der Waals surface area contributed by atoms with Gasteiger partial charge < -0.3 is 4.74 Å². The van der Waals surface area contributed by atoms with Gasteiger partial charge in [-0.1, -0.05) is 77.2 Å². The minimum atomic E-state index is -0.250. The van der Waals surface area contributed by atoms with Crippen molar-refractivity contribution in [2.24, 2.45) is 0 Å². The summed E-state index contributed by atoms with van der Waals surface area (Å²) < 4.78 is 20.1. The van der Waals surface area contributed by atoms with Gasteiger partial charge in [0, 0.05) is 12.0 Å². The van der Waals surface area contributed by atoms with Crippen LogP contribution in [0.4, 0.5) is 4.39 Å². The lowest BCUT2D eigenvalue weighted by molar-refractivity contribution is 0.295. The highest BCUT2D eigenvalue weighted by Gasteiger charge is 2.27. The van der Waals surface area contributed by atoms with E-state index in [9.17, 15) is 4.39 Å². The number of benzene rings is 1. The molecule has 2 fully saturated rings. The van der Waals surface area contributed by atoms with Crippen LogP contribution in [0.5, 0.6) is 5.75 Å². The summed E-state index contributed by atoms with van der Waals surface area (Å²) in [6, 6.07) is 4.56. The van der Waals surface area contributed by atoms with Crippen molar-refractivity contribution < 1.29 is 9.13 Å². The summed E-state index contributed by atoms with van der Waals surface area (Å²) in [4.78, 5) is 0. The summed E-state index contributed by atoms with van der Waals surface area (Å²) in [5.41, 5.74) is 4.19. The molecule has 1 aromatic carbocycles. The minimum absolute atomic E-state index is 0.250. The average molecular weight is 403 g/mol. The van der Waals surface area contributed by atoms with Gasteiger partial charge >= 0.3 is 0 Å². The molecule has 164 valence electrons. The molecule has 1 nitrogen and oxygen atoms in total. The number of alkyl halides is 1. The van der Waals surface area contributed by atoms with Crippen molar-refractivity contribution in [3.63, 3.8) is 0 Å². The van der Waals surface area contributed by atoms with Crippen molar-refractivity contribution in [2.75, 3.05) is 13.3 Å². The second kappa shape index (κ2) is 12.6. The van der Waals surface area contributed by atoms with Gasteiger partial charge in [-0.2, -0.15) is 0 Å². The monoisotopic (exact) mass is 402 g/mol. The zero-order valence-corrected chi connectivity index (χ0v) is 18.8. The maximum absolute atomic E-state index is 13.7. The number of unbranched alkanes of at least 4 members (excludes halogenated alkanes) is 4. The Morgan fingerprint density at radius 2 is 1.48 bits per heavy atom. The van der Waals surface area contributed by atoms with Crippen molar-refractivity contribution in [2.45, 2.75) is 121 Å². The van der Waals surface area contributed by atoms with E-state index < -0.39 is 0 Å². The summed E-state index contributed by atoms with van der Waals surface area (Å²) in [6.07, 6.45) is 19.9. The van der Waals surface area contributed by atoms with Crippen LogP contribution >= 0.6 is 0 Å². The van der Waals surface area contributed by atoms with E-state index in [4.69, 9.17) is 4.74 Å². The van der Waals surface area contributed by atoms with Crippen LogP contribution < -0.4 is 4.74 Å². The Hall–Kier alpha value is -1.05. The molecule has 2 heteroatoms. The first kappa shape index (κ1) is 22.6. The van der Waals surface area contributed by atoms with Crippen LogP contribution in [0.2, 0.25) is 0 Å². The van der Waals surface area contributed by atoms with Crippen molar-refractivity contribution in [3.8, 4) is 5.75 Å². The maximum atomic E-state index is 13.7. The van der Waals surface area contributed by atoms with Crippen molar-refractivity contribution >= 4 is 0 Å². The molecule has 0 unspecified atom stereocenters. The third-order valence-electron chi connectivity index (χ3n) is 7.26. The first-order chi connectivity index (χ1) is 14.3. The minimum Gasteiger partial charge on any atom is -0.493 e. The standard InChI is InChI=1S/C27H43FO/c1-2-3-4-5-12-21-29-26-18-17-24(22-13-8-6-9-14-22)25(19-20-28)27(26)23-15-10-7-11-16-23/h17-18,22-23H,2-16,19-21H2,1H3. The Bertz CT molecular complexity index is 584. The van der Waals surface area contributed by atoms with Gasteiger partial charge in [-0.05, 0) is 61.1 Å². The van der Waals surface area contributed by atoms with Crippen LogP contribution in [0.3, 0.4) is 0 Å². The first-order valence-electron chi connectivity index (χ1n) is 12.7. The summed E-state index contributed by atoms with van der Waals surface area (Å²) >= 11 is 0. The molecule has 0 heterocycles. The third kappa shape index (κ3) is 6.46. The highest BCUT2D eigenvalue weighted by molar-refractivity contribution is 5.49. The number of rotatable bonds is 11. The van der Waals surface area contributed by atoms with Crippen LogP contribution in [-0.2, 0) is 6.42 Å². The van der Waals surface area contributed by atoms with Gasteiger partial charge in [-0.3, -0.25) is 4.39 Å².